The van der Waals surface area contributed by atoms with Crippen molar-refractivity contribution in [2.75, 3.05) is 30.6 Å². The number of nitrogens with one attached hydrogen (secondary N) is 1. The topological polar surface area (TPSA) is 87.3 Å². The zero-order chi connectivity index (χ0) is 28.8. The predicted octanol–water partition coefficient (Wildman–Crippen LogP) is 7.93. The van der Waals surface area contributed by atoms with Gasteiger partial charge < -0.3 is 11.1 Å². The average Bonchev–Trinajstić information content (AvgIpc) is 2.97. The quantitative estimate of drug-likeness (QED) is 0.190. The van der Waals surface area contributed by atoms with E-state index < -0.39 is 0 Å². The number of aryl methyl sites for hydroxylation is 2. The van der Waals surface area contributed by atoms with Gasteiger partial charge in [0.05, 0.1) is 18.4 Å². The lowest BCUT2D eigenvalue weighted by Crippen LogP contribution is -2.21. The number of hydrogen-bond acceptors (Lipinski definition) is 6. The Morgan fingerprint density at radius 1 is 1.00 bits per heavy atom. The largest absolute Gasteiger partial charge is 0.355 e. The van der Waals surface area contributed by atoms with Gasteiger partial charge in [0.1, 0.15) is 0 Å². The predicted molar refractivity (Wildman–Crippen MR) is 164 cm³/mol. The normalized spacial score (nSPS) is 10.2. The van der Waals surface area contributed by atoms with Crippen LogP contribution in [0, 0.1) is 13.8 Å². The van der Waals surface area contributed by atoms with Crippen molar-refractivity contribution in [3.05, 3.63) is 90.1 Å². The summed E-state index contributed by atoms with van der Waals surface area (Å²) in [7, 11) is 0.500. The highest BCUT2D eigenvalue weighted by atomic mass is 19.1. The smallest absolute Gasteiger partial charge is 0.160 e. The summed E-state index contributed by atoms with van der Waals surface area (Å²) in [5, 5.41) is 15.9. The Hall–Kier alpha value is -3.81. The number of hydrogen-bond donors (Lipinski definition) is 3. The van der Waals surface area contributed by atoms with Crippen molar-refractivity contribution in [2.45, 2.75) is 47.0 Å². The third kappa shape index (κ3) is 8.87. The van der Waals surface area contributed by atoms with Gasteiger partial charge in [-0.1, -0.05) is 63.6 Å². The molecular formula is C32H42FN5O. The van der Waals surface area contributed by atoms with E-state index in [1.165, 1.54) is 17.9 Å². The van der Waals surface area contributed by atoms with Crippen LogP contribution in [0.3, 0.4) is 0 Å². The van der Waals surface area contributed by atoms with E-state index in [9.17, 15) is 9.60 Å². The minimum atomic E-state index is 0.497. The Balaban J connectivity index is 0.000000815. The minimum Gasteiger partial charge on any atom is -0.355 e. The third-order valence-corrected chi connectivity index (χ3v) is 6.17. The number of benzene rings is 3. The molecule has 1 heterocycles. The molecule has 0 bridgehead atoms. The Morgan fingerprint density at radius 2 is 1.72 bits per heavy atom. The van der Waals surface area contributed by atoms with Gasteiger partial charge in [-0.3, -0.25) is 14.7 Å². The molecule has 0 aliphatic rings. The standard InChI is InChI=1S/C27H29N5O.C4H10.CH3F/c1-18-9-10-22(16-25(18)27-29-17-21-7-4-5-8-26(21)31-27)30-20(3)24-12-11-23(15-19(24)2)32(33)14-6-13-28;1-3-4-2;1-2/h4-5,7-12,15-17,30,33H,3,6,13-14,28H2,1-2H3;3-4H2,1-2H3;1H3. The summed E-state index contributed by atoms with van der Waals surface area (Å²) in [6, 6.07) is 19.9. The van der Waals surface area contributed by atoms with Crippen LogP contribution in [0.5, 0.6) is 0 Å². The maximum Gasteiger partial charge on any atom is 0.160 e. The number of unbranched alkanes of at least 4 members (excludes halogenated alkanes) is 1. The number of hydroxylamine groups is 1. The highest BCUT2D eigenvalue weighted by Gasteiger charge is 2.11. The SMILES string of the molecule is C=C(Nc1ccc(C)c(-c2ncc3ccccc3n2)c1)c1ccc(N(O)CCCN)cc1C.CCCC.CF. The van der Waals surface area contributed by atoms with Gasteiger partial charge in [-0.15, -0.1) is 0 Å². The molecule has 0 aliphatic carbocycles. The number of fused-ring (bicyclic) bond motifs is 1. The van der Waals surface area contributed by atoms with Gasteiger partial charge in [-0.05, 0) is 68.3 Å². The number of rotatable bonds is 9. The Bertz CT molecular complexity index is 1340. The number of aromatic nitrogens is 2. The first-order valence-electron chi connectivity index (χ1n) is 13.3. The number of halogens is 1. The Kier molecular flexibility index (Phi) is 13.1. The number of nitrogens with zero attached hydrogens (tertiary/aromatic N) is 3. The van der Waals surface area contributed by atoms with Gasteiger partial charge >= 0.3 is 0 Å². The average molecular weight is 532 g/mol. The van der Waals surface area contributed by atoms with Crippen molar-refractivity contribution in [1.29, 1.82) is 0 Å². The van der Waals surface area contributed by atoms with Crippen LogP contribution in [0.15, 0.2) is 73.4 Å². The molecule has 0 saturated carbocycles. The molecule has 0 unspecified atom stereocenters. The molecule has 4 rings (SSSR count). The Labute approximate surface area is 232 Å². The molecule has 0 fully saturated rings. The first-order chi connectivity index (χ1) is 18.9. The molecule has 4 N–H and O–H groups in total. The van der Waals surface area contributed by atoms with E-state index in [2.05, 4.69) is 49.8 Å². The molecule has 0 spiro atoms. The fraction of sp³-hybridized carbons (Fsp3) is 0.312. The van der Waals surface area contributed by atoms with Crippen molar-refractivity contribution in [2.24, 2.45) is 5.73 Å². The van der Waals surface area contributed by atoms with Gasteiger partial charge in [0, 0.05) is 40.6 Å². The van der Waals surface area contributed by atoms with Crippen LogP contribution < -0.4 is 16.1 Å². The fourth-order valence-electron chi connectivity index (χ4n) is 3.80. The third-order valence-electron chi connectivity index (χ3n) is 6.17. The van der Waals surface area contributed by atoms with E-state index in [4.69, 9.17) is 10.7 Å². The van der Waals surface area contributed by atoms with E-state index in [1.54, 1.807) is 0 Å². The monoisotopic (exact) mass is 531 g/mol. The first-order valence-corrected chi connectivity index (χ1v) is 13.3. The van der Waals surface area contributed by atoms with Crippen molar-refractivity contribution in [3.8, 4) is 11.4 Å². The zero-order valence-corrected chi connectivity index (χ0v) is 23.8. The summed E-state index contributed by atoms with van der Waals surface area (Å²) in [6.45, 7) is 13.7. The van der Waals surface area contributed by atoms with E-state index in [1.807, 2.05) is 61.7 Å². The van der Waals surface area contributed by atoms with Crippen LogP contribution in [-0.4, -0.2) is 35.4 Å². The molecule has 7 heteroatoms. The second-order valence-corrected chi connectivity index (χ2v) is 9.15. The lowest BCUT2D eigenvalue weighted by molar-refractivity contribution is 0.253. The summed E-state index contributed by atoms with van der Waals surface area (Å²) >= 11 is 0. The van der Waals surface area contributed by atoms with Gasteiger partial charge in [0.2, 0.25) is 0 Å². The van der Waals surface area contributed by atoms with E-state index >= 15 is 0 Å². The van der Waals surface area contributed by atoms with Crippen molar-refractivity contribution in [3.63, 3.8) is 0 Å². The van der Waals surface area contributed by atoms with Gasteiger partial charge in [-0.2, -0.15) is 0 Å². The van der Waals surface area contributed by atoms with Crippen LogP contribution in [-0.2, 0) is 0 Å². The number of nitrogens with two attached hydrogens (primary N) is 1. The highest BCUT2D eigenvalue weighted by Crippen LogP contribution is 2.28. The molecule has 1 aromatic heterocycles. The summed E-state index contributed by atoms with van der Waals surface area (Å²) in [6.07, 6.45) is 5.22. The zero-order valence-electron chi connectivity index (χ0n) is 23.8. The molecule has 0 amide bonds. The van der Waals surface area contributed by atoms with Gasteiger partial charge in [-0.25, -0.2) is 9.97 Å². The van der Waals surface area contributed by atoms with E-state index in [0.717, 1.165) is 56.6 Å². The molecule has 6 nitrogen and oxygen atoms in total. The molecule has 0 atom stereocenters. The lowest BCUT2D eigenvalue weighted by Gasteiger charge is -2.19. The van der Waals surface area contributed by atoms with Gasteiger partial charge in [0.25, 0.3) is 0 Å². The Morgan fingerprint density at radius 3 is 2.38 bits per heavy atom. The first kappa shape index (κ1) is 31.4. The lowest BCUT2D eigenvalue weighted by atomic mass is 10.0. The maximum absolute atomic E-state index is 10.2. The summed E-state index contributed by atoms with van der Waals surface area (Å²) in [4.78, 5) is 9.33. The second-order valence-electron chi connectivity index (χ2n) is 9.15. The van der Waals surface area contributed by atoms with Crippen molar-refractivity contribution in [1.82, 2.24) is 9.97 Å². The molecule has 208 valence electrons. The van der Waals surface area contributed by atoms with Crippen LogP contribution in [0.25, 0.3) is 28.0 Å². The maximum atomic E-state index is 10.2. The van der Waals surface area contributed by atoms with Gasteiger partial charge in [0.15, 0.2) is 5.82 Å². The molecule has 3 aromatic carbocycles. The van der Waals surface area contributed by atoms with Crippen molar-refractivity contribution >= 4 is 28.0 Å². The second kappa shape index (κ2) is 16.2. The number of para-hydroxylation sites is 1. The molecule has 0 saturated heterocycles. The van der Waals surface area contributed by atoms with Crippen LogP contribution in [0.1, 0.15) is 49.8 Å². The summed E-state index contributed by atoms with van der Waals surface area (Å²) in [5.41, 5.74) is 13.0. The molecule has 39 heavy (non-hydrogen) atoms. The summed E-state index contributed by atoms with van der Waals surface area (Å²) in [5.74, 6) is 0.696. The number of anilines is 2. The van der Waals surface area contributed by atoms with Crippen LogP contribution >= 0.6 is 0 Å². The molecule has 4 aromatic rings. The molecular weight excluding hydrogens is 489 g/mol. The van der Waals surface area contributed by atoms with E-state index in [0.29, 0.717) is 26.1 Å². The van der Waals surface area contributed by atoms with Crippen LogP contribution in [0.2, 0.25) is 0 Å². The van der Waals surface area contributed by atoms with E-state index in [-0.39, 0.29) is 0 Å². The number of alkyl halides is 1. The molecule has 0 radical (unpaired) electrons. The fourth-order valence-corrected chi connectivity index (χ4v) is 3.80. The molecule has 0 aliphatic heterocycles. The highest BCUT2D eigenvalue weighted by molar-refractivity contribution is 5.82. The summed E-state index contributed by atoms with van der Waals surface area (Å²) < 4.78 is 9.50. The van der Waals surface area contributed by atoms with Crippen molar-refractivity contribution < 1.29 is 9.60 Å². The minimum absolute atomic E-state index is 0.497. The van der Waals surface area contributed by atoms with Crippen LogP contribution in [0.4, 0.5) is 15.8 Å².